The van der Waals surface area contributed by atoms with E-state index in [1.165, 1.54) is 31.5 Å². The standard InChI is InChI=1S/C27H23N7O/c1-2-7-34(6-1)15-17-9-19(13-28-12-17)20-10-22-26(32-33-27(22)30-14-20)24-11-21-23(31-24)3-5-29-25(21)18-4-8-35-16-18/h3-5,8-14,16,31H,1-2,6-7,15H2,(H,30,32,33). The Morgan fingerprint density at radius 3 is 2.69 bits per heavy atom. The largest absolute Gasteiger partial charge is 0.472 e. The summed E-state index contributed by atoms with van der Waals surface area (Å²) < 4.78 is 5.27. The third-order valence-corrected chi connectivity index (χ3v) is 6.75. The number of furan rings is 1. The van der Waals surface area contributed by atoms with Crippen LogP contribution in [0.2, 0.25) is 0 Å². The van der Waals surface area contributed by atoms with Gasteiger partial charge in [0.15, 0.2) is 5.65 Å². The van der Waals surface area contributed by atoms with Crippen molar-refractivity contribution >= 4 is 21.9 Å². The van der Waals surface area contributed by atoms with E-state index in [9.17, 15) is 0 Å². The van der Waals surface area contributed by atoms with Crippen LogP contribution in [0.1, 0.15) is 18.4 Å². The highest BCUT2D eigenvalue weighted by atomic mass is 16.3. The van der Waals surface area contributed by atoms with E-state index in [0.717, 1.165) is 62.3 Å². The van der Waals surface area contributed by atoms with Gasteiger partial charge in [0.2, 0.25) is 0 Å². The molecule has 1 saturated heterocycles. The van der Waals surface area contributed by atoms with Gasteiger partial charge in [-0.15, -0.1) is 0 Å². The van der Waals surface area contributed by atoms with Gasteiger partial charge in [-0.3, -0.25) is 20.0 Å². The summed E-state index contributed by atoms with van der Waals surface area (Å²) in [6.07, 6.45) is 13.5. The van der Waals surface area contributed by atoms with E-state index in [1.807, 2.05) is 30.7 Å². The van der Waals surface area contributed by atoms with Gasteiger partial charge in [-0.25, -0.2) is 4.98 Å². The Hall–Kier alpha value is -4.30. The molecular formula is C27H23N7O. The number of pyridine rings is 3. The van der Waals surface area contributed by atoms with Crippen molar-refractivity contribution in [3.63, 3.8) is 0 Å². The Bertz CT molecular complexity index is 1640. The van der Waals surface area contributed by atoms with Gasteiger partial charge in [0, 0.05) is 64.3 Å². The second kappa shape index (κ2) is 8.18. The number of aromatic amines is 2. The fraction of sp³-hybridized carbons (Fsp3) is 0.185. The van der Waals surface area contributed by atoms with Crippen molar-refractivity contribution in [2.24, 2.45) is 0 Å². The van der Waals surface area contributed by atoms with Crippen molar-refractivity contribution in [2.45, 2.75) is 19.4 Å². The molecule has 7 rings (SSSR count). The molecule has 1 fully saturated rings. The number of nitrogens with one attached hydrogen (secondary N) is 2. The Labute approximate surface area is 201 Å². The fourth-order valence-electron chi connectivity index (χ4n) is 5.01. The lowest BCUT2D eigenvalue weighted by Gasteiger charge is -2.14. The molecule has 0 aliphatic carbocycles. The summed E-state index contributed by atoms with van der Waals surface area (Å²) in [5, 5.41) is 9.64. The van der Waals surface area contributed by atoms with Crippen LogP contribution in [0.3, 0.4) is 0 Å². The van der Waals surface area contributed by atoms with Gasteiger partial charge in [-0.1, -0.05) is 0 Å². The summed E-state index contributed by atoms with van der Waals surface area (Å²) in [5.74, 6) is 0. The van der Waals surface area contributed by atoms with Crippen LogP contribution in [-0.2, 0) is 6.54 Å². The molecule has 8 nitrogen and oxygen atoms in total. The maximum Gasteiger partial charge on any atom is 0.155 e. The normalized spacial score (nSPS) is 14.4. The quantitative estimate of drug-likeness (QED) is 0.356. The van der Waals surface area contributed by atoms with E-state index in [-0.39, 0.29) is 0 Å². The molecule has 1 aliphatic rings. The van der Waals surface area contributed by atoms with Crippen molar-refractivity contribution in [2.75, 3.05) is 13.1 Å². The molecule has 0 unspecified atom stereocenters. The molecule has 0 aromatic carbocycles. The monoisotopic (exact) mass is 461 g/mol. The highest BCUT2D eigenvalue weighted by Crippen LogP contribution is 2.34. The molecule has 172 valence electrons. The number of hydrogen-bond donors (Lipinski definition) is 2. The third kappa shape index (κ3) is 3.59. The maximum atomic E-state index is 5.27. The first kappa shape index (κ1) is 20.1. The molecular weight excluding hydrogens is 438 g/mol. The van der Waals surface area contributed by atoms with Gasteiger partial charge in [-0.2, -0.15) is 5.10 Å². The number of rotatable bonds is 5. The average Bonchev–Trinajstić information content (AvgIpc) is 3.70. The lowest BCUT2D eigenvalue weighted by atomic mass is 10.1. The second-order valence-corrected chi connectivity index (χ2v) is 9.07. The van der Waals surface area contributed by atoms with Crippen molar-refractivity contribution in [1.82, 2.24) is 35.0 Å². The van der Waals surface area contributed by atoms with Crippen LogP contribution in [0, 0.1) is 0 Å². The molecule has 0 saturated carbocycles. The first-order valence-corrected chi connectivity index (χ1v) is 11.8. The molecule has 6 aromatic rings. The molecule has 0 spiro atoms. The minimum Gasteiger partial charge on any atom is -0.472 e. The van der Waals surface area contributed by atoms with Crippen LogP contribution in [0.5, 0.6) is 0 Å². The zero-order chi connectivity index (χ0) is 23.2. The van der Waals surface area contributed by atoms with Crippen LogP contribution in [0.4, 0.5) is 0 Å². The maximum absolute atomic E-state index is 5.27. The smallest absolute Gasteiger partial charge is 0.155 e. The highest BCUT2D eigenvalue weighted by molar-refractivity contribution is 5.99. The fourth-order valence-corrected chi connectivity index (χ4v) is 5.01. The first-order chi connectivity index (χ1) is 17.3. The van der Waals surface area contributed by atoms with Crippen LogP contribution in [0.25, 0.3) is 55.7 Å². The lowest BCUT2D eigenvalue weighted by molar-refractivity contribution is 0.331. The molecule has 0 atom stereocenters. The molecule has 35 heavy (non-hydrogen) atoms. The molecule has 2 N–H and O–H groups in total. The van der Waals surface area contributed by atoms with Crippen molar-refractivity contribution < 1.29 is 4.42 Å². The van der Waals surface area contributed by atoms with Crippen LogP contribution in [0.15, 0.2) is 72.1 Å². The van der Waals surface area contributed by atoms with Crippen molar-refractivity contribution in [1.29, 1.82) is 0 Å². The third-order valence-electron chi connectivity index (χ3n) is 6.75. The van der Waals surface area contributed by atoms with Gasteiger partial charge >= 0.3 is 0 Å². The number of H-pyrrole nitrogens is 2. The lowest BCUT2D eigenvalue weighted by Crippen LogP contribution is -2.18. The minimum absolute atomic E-state index is 0.747. The number of likely N-dealkylation sites (tertiary alicyclic amines) is 1. The average molecular weight is 462 g/mol. The molecule has 8 heteroatoms. The summed E-state index contributed by atoms with van der Waals surface area (Å²) in [7, 11) is 0. The van der Waals surface area contributed by atoms with E-state index in [0.29, 0.717) is 0 Å². The number of fused-ring (bicyclic) bond motifs is 2. The van der Waals surface area contributed by atoms with Crippen LogP contribution in [-0.4, -0.2) is 48.1 Å². The van der Waals surface area contributed by atoms with Crippen molar-refractivity contribution in [3.05, 3.63) is 73.2 Å². The van der Waals surface area contributed by atoms with E-state index in [1.54, 1.807) is 18.7 Å². The minimum atomic E-state index is 0.747. The van der Waals surface area contributed by atoms with E-state index in [2.05, 4.69) is 53.2 Å². The summed E-state index contributed by atoms with van der Waals surface area (Å²) in [6.45, 7) is 3.27. The summed E-state index contributed by atoms with van der Waals surface area (Å²) in [5.41, 5.74) is 8.60. The topological polar surface area (TPSA) is 99.5 Å². The van der Waals surface area contributed by atoms with E-state index < -0.39 is 0 Å². The van der Waals surface area contributed by atoms with E-state index >= 15 is 0 Å². The van der Waals surface area contributed by atoms with Gasteiger partial charge in [-0.05, 0) is 61.8 Å². The van der Waals surface area contributed by atoms with E-state index in [4.69, 9.17) is 4.42 Å². The van der Waals surface area contributed by atoms with Crippen LogP contribution >= 0.6 is 0 Å². The zero-order valence-electron chi connectivity index (χ0n) is 19.0. The highest BCUT2D eigenvalue weighted by Gasteiger charge is 2.17. The predicted octanol–water partition coefficient (Wildman–Crippen LogP) is 5.42. The number of aromatic nitrogens is 6. The summed E-state index contributed by atoms with van der Waals surface area (Å²) in [4.78, 5) is 19.7. The Morgan fingerprint density at radius 1 is 0.886 bits per heavy atom. The SMILES string of the molecule is c1cc2[nH]c(-c3n[nH]c4ncc(-c5cncc(CN6CCCC6)c5)cc34)cc2c(-c2ccoc2)n1. The summed E-state index contributed by atoms with van der Waals surface area (Å²) in [6, 6.07) is 10.3. The zero-order valence-corrected chi connectivity index (χ0v) is 19.0. The van der Waals surface area contributed by atoms with Gasteiger partial charge < -0.3 is 9.40 Å². The Kier molecular flexibility index (Phi) is 4.70. The Balaban J connectivity index is 1.28. The molecule has 0 bridgehead atoms. The first-order valence-electron chi connectivity index (χ1n) is 11.8. The second-order valence-electron chi connectivity index (χ2n) is 9.07. The molecule has 1 aliphatic heterocycles. The van der Waals surface area contributed by atoms with Gasteiger partial charge in [0.05, 0.1) is 23.9 Å². The Morgan fingerprint density at radius 2 is 1.80 bits per heavy atom. The number of nitrogens with zero attached hydrogens (tertiary/aromatic N) is 5. The molecule has 0 amide bonds. The molecule has 0 radical (unpaired) electrons. The summed E-state index contributed by atoms with van der Waals surface area (Å²) >= 11 is 0. The van der Waals surface area contributed by atoms with Gasteiger partial charge in [0.25, 0.3) is 0 Å². The number of hydrogen-bond acceptors (Lipinski definition) is 6. The predicted molar refractivity (Wildman–Crippen MR) is 134 cm³/mol. The van der Waals surface area contributed by atoms with Gasteiger partial charge in [0.1, 0.15) is 5.69 Å². The molecule has 7 heterocycles. The molecule has 6 aromatic heterocycles. The van der Waals surface area contributed by atoms with Crippen LogP contribution < -0.4 is 0 Å². The van der Waals surface area contributed by atoms with Crippen molar-refractivity contribution in [3.8, 4) is 33.8 Å².